The monoisotopic (exact) mass is 544 g/mol. The zero-order chi connectivity index (χ0) is 26.8. The van der Waals surface area contributed by atoms with E-state index in [0.29, 0.717) is 48.4 Å². The summed E-state index contributed by atoms with van der Waals surface area (Å²) < 4.78 is 32.5. The first kappa shape index (κ1) is 27.6. The number of fused-ring (bicyclic) bond motifs is 1. The van der Waals surface area contributed by atoms with Gasteiger partial charge in [-0.1, -0.05) is 27.2 Å². The molecule has 1 aliphatic heterocycles. The number of benzene rings is 1. The maximum Gasteiger partial charge on any atom is 0.243 e. The lowest BCUT2D eigenvalue weighted by molar-refractivity contribution is -0.117. The smallest absolute Gasteiger partial charge is 0.243 e. The predicted octanol–water partition coefficient (Wildman–Crippen LogP) is 4.11. The number of carbonyl (C=O) groups is 1. The summed E-state index contributed by atoms with van der Waals surface area (Å²) in [5.41, 5.74) is 1.96. The zero-order valence-corrected chi connectivity index (χ0v) is 23.7. The first-order chi connectivity index (χ1) is 17.6. The van der Waals surface area contributed by atoms with E-state index in [9.17, 15) is 18.5 Å². The molecular formula is C27H36N4O4S2. The Hall–Kier alpha value is -2.45. The molecule has 10 heteroatoms. The summed E-state index contributed by atoms with van der Waals surface area (Å²) in [4.78, 5) is 16.3. The number of thiophene rings is 1. The Morgan fingerprint density at radius 3 is 2.49 bits per heavy atom. The molecule has 1 unspecified atom stereocenters. The van der Waals surface area contributed by atoms with E-state index >= 15 is 0 Å². The number of nitrogens with one attached hydrogen (secondary N) is 1. The van der Waals surface area contributed by atoms with E-state index in [-0.39, 0.29) is 22.8 Å². The van der Waals surface area contributed by atoms with Crippen molar-refractivity contribution in [2.24, 2.45) is 11.3 Å². The fraction of sp³-hybridized carbons (Fsp3) is 0.556. The van der Waals surface area contributed by atoms with E-state index in [1.807, 2.05) is 4.90 Å². The van der Waals surface area contributed by atoms with Crippen LogP contribution in [-0.4, -0.2) is 63.4 Å². The Morgan fingerprint density at radius 1 is 1.22 bits per heavy atom. The SMILES string of the molecule is CCC(C)(C)C1CCc2c(sc(NC(=O)CN3CCN(S(=O)(=O)c4ccc(OC)cc4)CC3)c2C#N)C1. The molecule has 1 N–H and O–H groups in total. The molecule has 1 amide bonds. The molecule has 2 aliphatic rings. The number of nitriles is 1. The van der Waals surface area contributed by atoms with Gasteiger partial charge in [-0.25, -0.2) is 8.42 Å². The molecule has 0 saturated carbocycles. The van der Waals surface area contributed by atoms with Gasteiger partial charge in [-0.05, 0) is 60.4 Å². The van der Waals surface area contributed by atoms with Gasteiger partial charge in [-0.3, -0.25) is 9.69 Å². The molecule has 1 saturated heterocycles. The van der Waals surface area contributed by atoms with Crippen LogP contribution in [-0.2, 0) is 27.7 Å². The molecule has 1 atom stereocenters. The Morgan fingerprint density at radius 2 is 1.89 bits per heavy atom. The van der Waals surface area contributed by atoms with Crippen LogP contribution in [0.25, 0.3) is 0 Å². The highest BCUT2D eigenvalue weighted by Gasteiger charge is 2.34. The number of amides is 1. The second-order valence-corrected chi connectivity index (χ2v) is 13.5. The van der Waals surface area contributed by atoms with Crippen LogP contribution in [0.3, 0.4) is 0 Å². The number of ether oxygens (including phenoxy) is 1. The van der Waals surface area contributed by atoms with Crippen LogP contribution in [0.15, 0.2) is 29.2 Å². The van der Waals surface area contributed by atoms with Crippen molar-refractivity contribution in [2.45, 2.75) is 51.3 Å². The molecule has 0 spiro atoms. The summed E-state index contributed by atoms with van der Waals surface area (Å²) in [5, 5.41) is 13.5. The molecule has 1 aromatic carbocycles. The van der Waals surface area contributed by atoms with E-state index in [0.717, 1.165) is 31.2 Å². The van der Waals surface area contributed by atoms with Crippen molar-refractivity contribution >= 4 is 32.3 Å². The number of carbonyl (C=O) groups excluding carboxylic acids is 1. The quantitative estimate of drug-likeness (QED) is 0.537. The van der Waals surface area contributed by atoms with Gasteiger partial charge in [-0.2, -0.15) is 9.57 Å². The van der Waals surface area contributed by atoms with Gasteiger partial charge in [0.1, 0.15) is 16.8 Å². The summed E-state index contributed by atoms with van der Waals surface area (Å²) in [7, 11) is -2.06. The van der Waals surface area contributed by atoms with Crippen LogP contribution in [0, 0.1) is 22.7 Å². The molecule has 0 radical (unpaired) electrons. The van der Waals surface area contributed by atoms with Gasteiger partial charge in [0.2, 0.25) is 15.9 Å². The Balaban J connectivity index is 1.35. The van der Waals surface area contributed by atoms with Gasteiger partial charge in [0.05, 0.1) is 24.1 Å². The molecule has 1 fully saturated rings. The fourth-order valence-electron chi connectivity index (χ4n) is 5.14. The van der Waals surface area contributed by atoms with Crippen molar-refractivity contribution in [3.8, 4) is 11.8 Å². The average Bonchev–Trinajstić information content (AvgIpc) is 3.24. The van der Waals surface area contributed by atoms with Crippen molar-refractivity contribution in [3.63, 3.8) is 0 Å². The minimum atomic E-state index is -3.60. The minimum Gasteiger partial charge on any atom is -0.497 e. The summed E-state index contributed by atoms with van der Waals surface area (Å²) in [6.07, 6.45) is 4.01. The normalized spacial score (nSPS) is 19.2. The van der Waals surface area contributed by atoms with Crippen molar-refractivity contribution < 1.29 is 17.9 Å². The highest BCUT2D eigenvalue weighted by molar-refractivity contribution is 7.89. The van der Waals surface area contributed by atoms with Crippen molar-refractivity contribution in [1.29, 1.82) is 5.26 Å². The Kier molecular flexibility index (Phi) is 8.29. The molecule has 2 heterocycles. The second-order valence-electron chi connectivity index (χ2n) is 10.5. The lowest BCUT2D eigenvalue weighted by Crippen LogP contribution is -2.50. The third kappa shape index (κ3) is 5.85. The fourth-order valence-corrected chi connectivity index (χ4v) is 7.86. The highest BCUT2D eigenvalue weighted by atomic mass is 32.2. The molecule has 0 bridgehead atoms. The van der Waals surface area contributed by atoms with Crippen molar-refractivity contribution in [2.75, 3.05) is 45.2 Å². The van der Waals surface area contributed by atoms with Crippen LogP contribution in [0.2, 0.25) is 0 Å². The molecule has 2 aromatic rings. The maximum absolute atomic E-state index is 13.0. The average molecular weight is 545 g/mol. The third-order valence-corrected chi connectivity index (χ3v) is 11.1. The van der Waals surface area contributed by atoms with Crippen LogP contribution >= 0.6 is 11.3 Å². The standard InChI is InChI=1S/C27H36N4O4S2/c1-5-27(2,3)19-6-11-22-23(17-28)26(36-24(22)16-19)29-25(32)18-30-12-14-31(15-13-30)37(33,34)21-9-7-20(35-4)8-10-21/h7-10,19H,5-6,11-16,18H2,1-4H3,(H,29,32). The van der Waals surface area contributed by atoms with Crippen LogP contribution in [0.4, 0.5) is 5.00 Å². The van der Waals surface area contributed by atoms with Gasteiger partial charge in [0, 0.05) is 31.1 Å². The number of hydrogen-bond acceptors (Lipinski definition) is 7. The van der Waals surface area contributed by atoms with E-state index in [1.54, 1.807) is 35.6 Å². The summed E-state index contributed by atoms with van der Waals surface area (Å²) >= 11 is 1.54. The molecule has 1 aromatic heterocycles. The van der Waals surface area contributed by atoms with Gasteiger partial charge in [0.25, 0.3) is 0 Å². The largest absolute Gasteiger partial charge is 0.497 e. The van der Waals surface area contributed by atoms with Crippen LogP contribution in [0.1, 0.15) is 49.6 Å². The lowest BCUT2D eigenvalue weighted by atomic mass is 9.69. The first-order valence-electron chi connectivity index (χ1n) is 12.8. The van der Waals surface area contributed by atoms with Gasteiger partial charge in [-0.15, -0.1) is 11.3 Å². The number of anilines is 1. The van der Waals surface area contributed by atoms with Crippen LogP contribution < -0.4 is 10.1 Å². The molecule has 1 aliphatic carbocycles. The van der Waals surface area contributed by atoms with E-state index < -0.39 is 10.0 Å². The van der Waals surface area contributed by atoms with Crippen LogP contribution in [0.5, 0.6) is 5.75 Å². The second kappa shape index (κ2) is 11.1. The molecule has 4 rings (SSSR count). The van der Waals surface area contributed by atoms with Crippen molar-refractivity contribution in [3.05, 3.63) is 40.3 Å². The number of sulfonamides is 1. The topological polar surface area (TPSA) is 103 Å². The minimum absolute atomic E-state index is 0.162. The number of nitrogens with zero attached hydrogens (tertiary/aromatic N) is 3. The Labute approximate surface area is 224 Å². The zero-order valence-electron chi connectivity index (χ0n) is 22.0. The lowest BCUT2D eigenvalue weighted by Gasteiger charge is -2.36. The molecule has 200 valence electrons. The summed E-state index contributed by atoms with van der Waals surface area (Å²) in [6, 6.07) is 8.69. The van der Waals surface area contributed by atoms with E-state index in [1.165, 1.54) is 16.3 Å². The van der Waals surface area contributed by atoms with Gasteiger partial charge >= 0.3 is 0 Å². The van der Waals surface area contributed by atoms with Gasteiger partial charge < -0.3 is 10.1 Å². The third-order valence-electron chi connectivity index (χ3n) is 8.04. The summed E-state index contributed by atoms with van der Waals surface area (Å²) in [6.45, 7) is 8.56. The molecular weight excluding hydrogens is 508 g/mol. The van der Waals surface area contributed by atoms with E-state index in [2.05, 4.69) is 32.2 Å². The highest BCUT2D eigenvalue weighted by Crippen LogP contribution is 2.45. The molecule has 37 heavy (non-hydrogen) atoms. The maximum atomic E-state index is 13.0. The Bertz CT molecular complexity index is 1270. The number of rotatable bonds is 8. The number of piperazine rings is 1. The number of hydrogen-bond donors (Lipinski definition) is 1. The van der Waals surface area contributed by atoms with E-state index in [4.69, 9.17) is 4.74 Å². The number of methoxy groups -OCH3 is 1. The molecule has 8 nitrogen and oxygen atoms in total. The summed E-state index contributed by atoms with van der Waals surface area (Å²) in [5.74, 6) is 1.00. The predicted molar refractivity (Wildman–Crippen MR) is 145 cm³/mol. The van der Waals surface area contributed by atoms with Gasteiger partial charge in [0.15, 0.2) is 0 Å². The first-order valence-corrected chi connectivity index (χ1v) is 15.1. The van der Waals surface area contributed by atoms with Crippen molar-refractivity contribution in [1.82, 2.24) is 9.21 Å².